The average molecular weight is 677 g/mol. The number of aliphatic hydroxyl groups is 4. The van der Waals surface area contributed by atoms with Crippen LogP contribution in [0.2, 0.25) is 0 Å². The molecule has 2 saturated heterocycles. The van der Waals surface area contributed by atoms with Crippen molar-refractivity contribution in [3.8, 4) is 0 Å². The number of amides is 1. The SMILES string of the molecule is C[C@H]1O[C@H](OP(=O)(O)OP(=O)(O)OC[C@H]2O[C@@H](n3ccc(=O)[nH]c3=O)[C@H](O)[C@@H]2O)[C@H](O)[C@@H](O)[C@H]1NC(=O)CCC(=O)C(=O)O. The zero-order chi connectivity index (χ0) is 33.1. The Kier molecular flexibility index (Phi) is 11.5. The van der Waals surface area contributed by atoms with E-state index >= 15 is 0 Å². The van der Waals surface area contributed by atoms with E-state index in [0.717, 1.165) is 12.3 Å². The highest BCUT2D eigenvalue weighted by Crippen LogP contribution is 2.61. The van der Waals surface area contributed by atoms with E-state index in [1.807, 2.05) is 4.98 Å². The molecule has 1 amide bonds. The molecule has 2 unspecified atom stereocenters. The van der Waals surface area contributed by atoms with Gasteiger partial charge in [0.1, 0.15) is 30.5 Å². The molecule has 0 aromatic carbocycles. The molecule has 248 valence electrons. The third-order valence-electron chi connectivity index (χ3n) is 6.30. The number of hydrogen-bond acceptors (Lipinski definition) is 16. The van der Waals surface area contributed by atoms with E-state index in [0.29, 0.717) is 4.57 Å². The Hall–Kier alpha value is -2.69. The van der Waals surface area contributed by atoms with Crippen molar-refractivity contribution in [3.05, 3.63) is 33.1 Å². The monoisotopic (exact) mass is 677 g/mol. The van der Waals surface area contributed by atoms with Crippen LogP contribution in [0, 0.1) is 0 Å². The Bertz CT molecular complexity index is 1450. The number of ether oxygens (including phenoxy) is 2. The molecule has 1 aromatic heterocycles. The minimum Gasteiger partial charge on any atom is -0.476 e. The number of aromatic nitrogens is 2. The minimum atomic E-state index is -5.66. The van der Waals surface area contributed by atoms with Gasteiger partial charge in [0.2, 0.25) is 11.7 Å². The van der Waals surface area contributed by atoms with Crippen molar-refractivity contribution in [2.75, 3.05) is 6.61 Å². The summed E-state index contributed by atoms with van der Waals surface area (Å²) in [6, 6.07) is -0.466. The van der Waals surface area contributed by atoms with E-state index in [2.05, 4.69) is 18.7 Å². The number of nitrogens with zero attached hydrogens (tertiary/aromatic N) is 1. The predicted molar refractivity (Wildman–Crippen MR) is 135 cm³/mol. The molecule has 11 atom stereocenters. The number of carbonyl (C=O) groups excluding carboxylic acids is 2. The van der Waals surface area contributed by atoms with Crippen LogP contribution in [-0.2, 0) is 46.3 Å². The number of phosphoric acid groups is 2. The van der Waals surface area contributed by atoms with E-state index < -0.39 is 119 Å². The topological polar surface area (TPSA) is 340 Å². The number of rotatable bonds is 13. The lowest BCUT2D eigenvalue weighted by molar-refractivity contribution is -0.246. The highest BCUT2D eigenvalue weighted by molar-refractivity contribution is 7.61. The molecule has 0 radical (unpaired) electrons. The number of carboxylic acid groups (broad SMARTS) is 1. The zero-order valence-corrected chi connectivity index (χ0v) is 24.1. The fourth-order valence-electron chi connectivity index (χ4n) is 4.11. The summed E-state index contributed by atoms with van der Waals surface area (Å²) in [7, 11) is -11.2. The molecule has 44 heavy (non-hydrogen) atoms. The number of aliphatic carboxylic acids is 1. The lowest BCUT2D eigenvalue weighted by atomic mass is 9.97. The van der Waals surface area contributed by atoms with Crippen LogP contribution in [0.15, 0.2) is 21.9 Å². The van der Waals surface area contributed by atoms with Crippen LogP contribution in [-0.4, -0.2) is 118 Å². The van der Waals surface area contributed by atoms with E-state index in [9.17, 15) is 63.3 Å². The summed E-state index contributed by atoms with van der Waals surface area (Å²) in [5.74, 6) is -3.91. The highest BCUT2D eigenvalue weighted by atomic mass is 31.3. The summed E-state index contributed by atoms with van der Waals surface area (Å²) < 4.78 is 49.2. The number of nitrogens with one attached hydrogen (secondary N) is 2. The zero-order valence-electron chi connectivity index (χ0n) is 22.3. The number of phosphoric ester groups is 2. The Labute approximate surface area is 244 Å². The molecule has 3 heterocycles. The molecule has 9 N–H and O–H groups in total. The van der Waals surface area contributed by atoms with Crippen LogP contribution in [0.5, 0.6) is 0 Å². The van der Waals surface area contributed by atoms with Crippen LogP contribution in [0.3, 0.4) is 0 Å². The summed E-state index contributed by atoms with van der Waals surface area (Å²) in [5, 5.41) is 51.9. The van der Waals surface area contributed by atoms with Gasteiger partial charge in [-0.05, 0) is 6.92 Å². The van der Waals surface area contributed by atoms with Gasteiger partial charge in [-0.15, -0.1) is 0 Å². The van der Waals surface area contributed by atoms with Crippen LogP contribution < -0.4 is 16.6 Å². The second-order valence-corrected chi connectivity index (χ2v) is 12.5. The molecular formula is C20H29N3O19P2. The molecule has 1 aromatic rings. The summed E-state index contributed by atoms with van der Waals surface area (Å²) >= 11 is 0. The number of carboxylic acids is 1. The van der Waals surface area contributed by atoms with Gasteiger partial charge in [0.15, 0.2) is 12.5 Å². The van der Waals surface area contributed by atoms with Crippen molar-refractivity contribution in [2.45, 2.75) is 74.9 Å². The lowest BCUT2D eigenvalue weighted by Gasteiger charge is -2.41. The van der Waals surface area contributed by atoms with Crippen molar-refractivity contribution >= 4 is 33.3 Å². The lowest BCUT2D eigenvalue weighted by Crippen LogP contribution is -2.63. The highest BCUT2D eigenvalue weighted by Gasteiger charge is 2.49. The summed E-state index contributed by atoms with van der Waals surface area (Å²) in [5.41, 5.74) is -1.78. The van der Waals surface area contributed by atoms with Gasteiger partial charge >= 0.3 is 27.3 Å². The summed E-state index contributed by atoms with van der Waals surface area (Å²) in [6.07, 6.45) is -14.6. The average Bonchev–Trinajstić information content (AvgIpc) is 3.19. The number of aliphatic hydroxyl groups excluding tert-OH is 4. The standard InChI is InChI=1S/C20H29N3O19P2/c1-7-12(21-10(25)3-2-8(24)18(31)32)14(28)16(30)19(39-7)41-44(36,37)42-43(34,35)38-6-9-13(27)15(29)17(40-9)23-5-4-11(26)22-20(23)33/h4-5,7,9,12-17,19,27-30H,2-3,6H2,1H3,(H,21,25)(H,31,32)(H,34,35)(H,36,37)(H,22,26,33)/t7-,9-,12+,13-,14+,15-,16-,17-,19-/m1/s1. The maximum absolute atomic E-state index is 12.4. The third-order valence-corrected chi connectivity index (χ3v) is 8.90. The molecule has 0 bridgehead atoms. The van der Waals surface area contributed by atoms with Crippen molar-refractivity contribution in [1.29, 1.82) is 0 Å². The number of Topliss-reactive ketones (excluding diaryl/α,β-unsaturated/α-hetero) is 1. The first-order valence-electron chi connectivity index (χ1n) is 12.4. The number of hydrogen-bond donors (Lipinski definition) is 9. The van der Waals surface area contributed by atoms with Gasteiger partial charge in [-0.3, -0.25) is 33.0 Å². The van der Waals surface area contributed by atoms with E-state index in [-0.39, 0.29) is 0 Å². The molecule has 2 aliphatic heterocycles. The maximum Gasteiger partial charge on any atom is 0.483 e. The van der Waals surface area contributed by atoms with Crippen LogP contribution in [0.1, 0.15) is 26.0 Å². The molecule has 2 fully saturated rings. The normalized spacial score (nSPS) is 33.2. The Balaban J connectivity index is 1.55. The fourth-order valence-corrected chi connectivity index (χ4v) is 6.26. The largest absolute Gasteiger partial charge is 0.483 e. The summed E-state index contributed by atoms with van der Waals surface area (Å²) in [6.45, 7) is 0.163. The summed E-state index contributed by atoms with van der Waals surface area (Å²) in [4.78, 5) is 78.8. The van der Waals surface area contributed by atoms with Gasteiger partial charge < -0.3 is 50.1 Å². The first-order chi connectivity index (χ1) is 20.3. The van der Waals surface area contributed by atoms with Crippen LogP contribution >= 0.6 is 15.6 Å². The third kappa shape index (κ3) is 8.95. The van der Waals surface area contributed by atoms with Gasteiger partial charge in [-0.2, -0.15) is 4.31 Å². The Morgan fingerprint density at radius 3 is 2.27 bits per heavy atom. The predicted octanol–water partition coefficient (Wildman–Crippen LogP) is -4.21. The molecule has 0 spiro atoms. The maximum atomic E-state index is 12.4. The van der Waals surface area contributed by atoms with Crippen molar-refractivity contribution in [3.63, 3.8) is 0 Å². The van der Waals surface area contributed by atoms with Crippen LogP contribution in [0.25, 0.3) is 0 Å². The van der Waals surface area contributed by atoms with Crippen LogP contribution in [0.4, 0.5) is 0 Å². The van der Waals surface area contributed by atoms with E-state index in [4.69, 9.17) is 14.6 Å². The van der Waals surface area contributed by atoms with Gasteiger partial charge in [-0.1, -0.05) is 0 Å². The molecule has 22 nitrogen and oxygen atoms in total. The number of H-pyrrole nitrogens is 1. The van der Waals surface area contributed by atoms with Gasteiger partial charge in [0.25, 0.3) is 5.56 Å². The second-order valence-electron chi connectivity index (χ2n) is 9.50. The van der Waals surface area contributed by atoms with Crippen molar-refractivity contribution in [2.24, 2.45) is 0 Å². The van der Waals surface area contributed by atoms with E-state index in [1.165, 1.54) is 6.92 Å². The first-order valence-corrected chi connectivity index (χ1v) is 15.4. The fraction of sp³-hybridized carbons (Fsp3) is 0.650. The van der Waals surface area contributed by atoms with Crippen molar-refractivity contribution < 1.29 is 81.7 Å². The van der Waals surface area contributed by atoms with Crippen molar-refractivity contribution in [1.82, 2.24) is 14.9 Å². The molecule has 0 saturated carbocycles. The van der Waals surface area contributed by atoms with E-state index in [1.54, 1.807) is 0 Å². The van der Waals surface area contributed by atoms with Gasteiger partial charge in [-0.25, -0.2) is 18.7 Å². The smallest absolute Gasteiger partial charge is 0.476 e. The number of ketones is 1. The first kappa shape index (κ1) is 35.8. The number of carbonyl (C=O) groups is 3. The Morgan fingerprint density at radius 1 is 1.00 bits per heavy atom. The molecule has 0 aliphatic carbocycles. The Morgan fingerprint density at radius 2 is 1.66 bits per heavy atom. The minimum absolute atomic E-state index is 0.587. The van der Waals surface area contributed by atoms with Gasteiger partial charge in [0, 0.05) is 25.1 Å². The molecule has 2 aliphatic rings. The number of aromatic amines is 1. The second kappa shape index (κ2) is 14.2. The molecular weight excluding hydrogens is 648 g/mol. The van der Waals surface area contributed by atoms with Gasteiger partial charge in [0.05, 0.1) is 18.8 Å². The molecule has 3 rings (SSSR count). The quantitative estimate of drug-likeness (QED) is 0.0705. The molecule has 24 heteroatoms.